The average molecular weight is 212 g/mol. The Hall–Kier alpha value is -0.610. The zero-order valence-corrected chi connectivity index (χ0v) is 9.18. The standard InChI is InChI=1S/C10H16N2OS/c1-7-5-11-10(14-7)12-6-8-3-2-4-9(8)13/h5,8-9,13H,2-4,6H2,1H3,(H,11,12). The van der Waals surface area contributed by atoms with Crippen molar-refractivity contribution in [3.05, 3.63) is 11.1 Å². The molecule has 1 aliphatic rings. The predicted molar refractivity (Wildman–Crippen MR) is 58.7 cm³/mol. The first kappa shape index (κ1) is 9.93. The fourth-order valence-electron chi connectivity index (χ4n) is 1.91. The first-order valence-corrected chi connectivity index (χ1v) is 5.92. The second kappa shape index (κ2) is 4.28. The quantitative estimate of drug-likeness (QED) is 0.805. The molecule has 2 atom stereocenters. The molecule has 1 aromatic heterocycles. The number of hydrogen-bond donors (Lipinski definition) is 2. The summed E-state index contributed by atoms with van der Waals surface area (Å²) >= 11 is 1.67. The van der Waals surface area contributed by atoms with Crippen LogP contribution in [0.15, 0.2) is 6.20 Å². The van der Waals surface area contributed by atoms with Crippen LogP contribution in [0.5, 0.6) is 0 Å². The van der Waals surface area contributed by atoms with Gasteiger partial charge in [0, 0.05) is 23.5 Å². The number of aryl methyl sites for hydroxylation is 1. The zero-order valence-electron chi connectivity index (χ0n) is 8.36. The fraction of sp³-hybridized carbons (Fsp3) is 0.700. The lowest BCUT2D eigenvalue weighted by Crippen LogP contribution is -2.21. The molecule has 2 N–H and O–H groups in total. The lowest BCUT2D eigenvalue weighted by molar-refractivity contribution is 0.138. The van der Waals surface area contributed by atoms with Crippen molar-refractivity contribution in [1.82, 2.24) is 4.98 Å². The van der Waals surface area contributed by atoms with E-state index in [1.54, 1.807) is 11.3 Å². The zero-order chi connectivity index (χ0) is 9.97. The maximum atomic E-state index is 9.62. The van der Waals surface area contributed by atoms with Gasteiger partial charge in [-0.3, -0.25) is 0 Å². The van der Waals surface area contributed by atoms with Crippen molar-refractivity contribution in [2.45, 2.75) is 32.3 Å². The van der Waals surface area contributed by atoms with E-state index in [9.17, 15) is 5.11 Å². The molecule has 1 heterocycles. The molecule has 2 rings (SSSR count). The highest BCUT2D eigenvalue weighted by atomic mass is 32.1. The second-order valence-corrected chi connectivity index (χ2v) is 5.15. The summed E-state index contributed by atoms with van der Waals surface area (Å²) in [7, 11) is 0. The molecule has 1 aliphatic carbocycles. The highest BCUT2D eigenvalue weighted by molar-refractivity contribution is 7.15. The summed E-state index contributed by atoms with van der Waals surface area (Å²) < 4.78 is 0. The number of aromatic nitrogens is 1. The molecule has 3 nitrogen and oxygen atoms in total. The van der Waals surface area contributed by atoms with Gasteiger partial charge in [-0.15, -0.1) is 11.3 Å². The van der Waals surface area contributed by atoms with Crippen LogP contribution in [-0.4, -0.2) is 22.7 Å². The molecule has 1 aromatic rings. The van der Waals surface area contributed by atoms with Gasteiger partial charge in [-0.05, 0) is 19.8 Å². The minimum absolute atomic E-state index is 0.108. The van der Waals surface area contributed by atoms with E-state index in [2.05, 4.69) is 10.3 Å². The van der Waals surface area contributed by atoms with E-state index in [1.807, 2.05) is 13.1 Å². The van der Waals surface area contributed by atoms with Gasteiger partial charge >= 0.3 is 0 Å². The molecular weight excluding hydrogens is 196 g/mol. The van der Waals surface area contributed by atoms with Crippen molar-refractivity contribution in [1.29, 1.82) is 0 Å². The molecule has 0 amide bonds. The summed E-state index contributed by atoms with van der Waals surface area (Å²) in [4.78, 5) is 5.45. The first-order valence-electron chi connectivity index (χ1n) is 5.10. The van der Waals surface area contributed by atoms with Crippen LogP contribution in [0.3, 0.4) is 0 Å². The van der Waals surface area contributed by atoms with Crippen LogP contribution < -0.4 is 5.32 Å². The number of aliphatic hydroxyl groups excluding tert-OH is 1. The molecule has 1 saturated carbocycles. The SMILES string of the molecule is Cc1cnc(NCC2CCCC2O)s1. The lowest BCUT2D eigenvalue weighted by atomic mass is 10.1. The normalized spacial score (nSPS) is 26.7. The van der Waals surface area contributed by atoms with E-state index >= 15 is 0 Å². The largest absolute Gasteiger partial charge is 0.393 e. The molecule has 0 aromatic carbocycles. The minimum Gasteiger partial charge on any atom is -0.393 e. The molecule has 0 spiro atoms. The highest BCUT2D eigenvalue weighted by Crippen LogP contribution is 2.26. The molecule has 0 aliphatic heterocycles. The van der Waals surface area contributed by atoms with Crippen molar-refractivity contribution in [2.75, 3.05) is 11.9 Å². The summed E-state index contributed by atoms with van der Waals surface area (Å²) in [6.45, 7) is 2.90. The van der Waals surface area contributed by atoms with Gasteiger partial charge in [0.05, 0.1) is 6.10 Å². The maximum Gasteiger partial charge on any atom is 0.182 e. The van der Waals surface area contributed by atoms with Crippen molar-refractivity contribution < 1.29 is 5.11 Å². The molecular formula is C10H16N2OS. The van der Waals surface area contributed by atoms with Crippen molar-refractivity contribution >= 4 is 16.5 Å². The van der Waals surface area contributed by atoms with Crippen molar-refractivity contribution in [2.24, 2.45) is 5.92 Å². The number of nitrogens with zero attached hydrogens (tertiary/aromatic N) is 1. The van der Waals surface area contributed by atoms with Gasteiger partial charge in [0.2, 0.25) is 0 Å². The number of aliphatic hydroxyl groups is 1. The number of nitrogens with one attached hydrogen (secondary N) is 1. The number of rotatable bonds is 3. The minimum atomic E-state index is -0.108. The summed E-state index contributed by atoms with van der Waals surface area (Å²) in [5.41, 5.74) is 0. The van der Waals surface area contributed by atoms with Gasteiger partial charge in [0.1, 0.15) is 0 Å². The summed E-state index contributed by atoms with van der Waals surface area (Å²) in [5, 5.41) is 13.9. The summed E-state index contributed by atoms with van der Waals surface area (Å²) in [6, 6.07) is 0. The number of hydrogen-bond acceptors (Lipinski definition) is 4. The Bertz CT molecular complexity index is 300. The molecule has 78 valence electrons. The van der Waals surface area contributed by atoms with E-state index in [4.69, 9.17) is 0 Å². The Labute approximate surface area is 88.2 Å². The molecule has 0 bridgehead atoms. The van der Waals surface area contributed by atoms with Crippen LogP contribution in [0.2, 0.25) is 0 Å². The molecule has 4 heteroatoms. The molecule has 0 saturated heterocycles. The van der Waals surface area contributed by atoms with Crippen LogP contribution in [0.4, 0.5) is 5.13 Å². The highest BCUT2D eigenvalue weighted by Gasteiger charge is 2.24. The number of anilines is 1. The lowest BCUT2D eigenvalue weighted by Gasteiger charge is -2.14. The Morgan fingerprint density at radius 2 is 2.50 bits per heavy atom. The van der Waals surface area contributed by atoms with Crippen molar-refractivity contribution in [3.63, 3.8) is 0 Å². The van der Waals surface area contributed by atoms with Crippen LogP contribution in [-0.2, 0) is 0 Å². The Balaban J connectivity index is 1.82. The van der Waals surface area contributed by atoms with Crippen molar-refractivity contribution in [3.8, 4) is 0 Å². The summed E-state index contributed by atoms with van der Waals surface area (Å²) in [5.74, 6) is 0.416. The van der Waals surface area contributed by atoms with E-state index in [1.165, 1.54) is 4.88 Å². The fourth-order valence-corrected chi connectivity index (χ4v) is 2.58. The van der Waals surface area contributed by atoms with Gasteiger partial charge in [0.15, 0.2) is 5.13 Å². The van der Waals surface area contributed by atoms with Crippen LogP contribution >= 0.6 is 11.3 Å². The average Bonchev–Trinajstić information content (AvgIpc) is 2.72. The molecule has 1 fully saturated rings. The third-order valence-corrected chi connectivity index (χ3v) is 3.63. The predicted octanol–water partition coefficient (Wildman–Crippen LogP) is 2.02. The Morgan fingerprint density at radius 3 is 3.07 bits per heavy atom. The second-order valence-electron chi connectivity index (χ2n) is 3.92. The van der Waals surface area contributed by atoms with E-state index in [0.717, 1.165) is 30.9 Å². The molecule has 14 heavy (non-hydrogen) atoms. The van der Waals surface area contributed by atoms with E-state index in [-0.39, 0.29) is 6.10 Å². The van der Waals surface area contributed by atoms with Crippen LogP contribution in [0.25, 0.3) is 0 Å². The van der Waals surface area contributed by atoms with E-state index < -0.39 is 0 Å². The number of thiazole rings is 1. The van der Waals surface area contributed by atoms with E-state index in [0.29, 0.717) is 5.92 Å². The van der Waals surface area contributed by atoms with Gasteiger partial charge < -0.3 is 10.4 Å². The Kier molecular flexibility index (Phi) is 3.03. The topological polar surface area (TPSA) is 45.2 Å². The first-order chi connectivity index (χ1) is 6.75. The molecule has 2 unspecified atom stereocenters. The molecule has 0 radical (unpaired) electrons. The third kappa shape index (κ3) is 2.25. The van der Waals surface area contributed by atoms with Gasteiger partial charge in [0.25, 0.3) is 0 Å². The Morgan fingerprint density at radius 1 is 1.64 bits per heavy atom. The maximum absolute atomic E-state index is 9.62. The monoisotopic (exact) mass is 212 g/mol. The van der Waals surface area contributed by atoms with Gasteiger partial charge in [-0.2, -0.15) is 0 Å². The van der Waals surface area contributed by atoms with Crippen LogP contribution in [0.1, 0.15) is 24.1 Å². The smallest absolute Gasteiger partial charge is 0.182 e. The van der Waals surface area contributed by atoms with Crippen LogP contribution in [0, 0.1) is 12.8 Å². The summed E-state index contributed by atoms with van der Waals surface area (Å²) in [6.07, 6.45) is 5.02. The van der Waals surface area contributed by atoms with Gasteiger partial charge in [-0.25, -0.2) is 4.98 Å². The van der Waals surface area contributed by atoms with Gasteiger partial charge in [-0.1, -0.05) is 6.42 Å². The third-order valence-electron chi connectivity index (χ3n) is 2.76.